The third-order valence-electron chi connectivity index (χ3n) is 5.74. The first-order chi connectivity index (χ1) is 12.8. The van der Waals surface area contributed by atoms with Crippen molar-refractivity contribution in [1.29, 1.82) is 0 Å². The number of nitrogens with zero attached hydrogens (tertiary/aromatic N) is 1. The number of thiol groups is 1. The molecule has 1 saturated heterocycles. The normalized spacial score (nSPS) is 27.1. The van der Waals surface area contributed by atoms with Gasteiger partial charge in [0.1, 0.15) is 12.1 Å². The average Bonchev–Trinajstić information content (AvgIpc) is 3.08. The van der Waals surface area contributed by atoms with Gasteiger partial charge < -0.3 is 15.3 Å². The number of hydrogen-bond donors (Lipinski definition) is 3. The molecule has 2 aliphatic heterocycles. The van der Waals surface area contributed by atoms with Crippen LogP contribution in [-0.4, -0.2) is 45.1 Å². The van der Waals surface area contributed by atoms with Crippen LogP contribution in [0.1, 0.15) is 56.0 Å². The van der Waals surface area contributed by atoms with E-state index in [4.69, 9.17) is 0 Å². The number of carbonyl (C=O) groups is 3. The fourth-order valence-electron chi connectivity index (χ4n) is 3.95. The van der Waals surface area contributed by atoms with Crippen molar-refractivity contribution in [2.24, 2.45) is 5.92 Å². The van der Waals surface area contributed by atoms with E-state index in [0.29, 0.717) is 12.8 Å². The standard InChI is InChI=1S/C19H26N2O4S2/c1-3-10(2)15(26)17(22)20-12-9-11-7-8-27-16(11)13-5-4-6-14(19(24)25)21(13)18(12)23/h7-8,10,12-15,26H,3-6,9H2,1-2H3,(H,20,22)(H,24,25)/t10-,12?,13?,14?,15-/m0/s1. The Balaban J connectivity index is 1.91. The maximum absolute atomic E-state index is 13.3. The van der Waals surface area contributed by atoms with Gasteiger partial charge in [-0.15, -0.1) is 11.3 Å². The molecule has 0 aromatic carbocycles. The number of piperidine rings is 1. The highest BCUT2D eigenvalue weighted by atomic mass is 32.1. The van der Waals surface area contributed by atoms with Gasteiger partial charge in [-0.2, -0.15) is 12.6 Å². The number of fused-ring (bicyclic) bond motifs is 3. The van der Waals surface area contributed by atoms with Crippen molar-refractivity contribution in [3.63, 3.8) is 0 Å². The number of rotatable bonds is 5. The van der Waals surface area contributed by atoms with Gasteiger partial charge in [-0.3, -0.25) is 9.59 Å². The van der Waals surface area contributed by atoms with Crippen molar-refractivity contribution in [3.05, 3.63) is 21.9 Å². The van der Waals surface area contributed by atoms with Crippen LogP contribution in [-0.2, 0) is 20.8 Å². The van der Waals surface area contributed by atoms with E-state index < -0.39 is 23.3 Å². The summed E-state index contributed by atoms with van der Waals surface area (Å²) in [6.07, 6.45) is 3.17. The summed E-state index contributed by atoms with van der Waals surface area (Å²) >= 11 is 5.97. The van der Waals surface area contributed by atoms with Gasteiger partial charge >= 0.3 is 5.97 Å². The molecule has 6 nitrogen and oxygen atoms in total. The minimum Gasteiger partial charge on any atom is -0.480 e. The van der Waals surface area contributed by atoms with Crippen LogP contribution >= 0.6 is 24.0 Å². The molecular weight excluding hydrogens is 384 g/mol. The van der Waals surface area contributed by atoms with Gasteiger partial charge in [0.25, 0.3) is 0 Å². The quantitative estimate of drug-likeness (QED) is 0.652. The number of carboxylic acid groups (broad SMARTS) is 1. The second-order valence-corrected chi connectivity index (χ2v) is 8.96. The fourth-order valence-corrected chi connectivity index (χ4v) is 5.31. The van der Waals surface area contributed by atoms with Crippen LogP contribution in [0, 0.1) is 5.92 Å². The van der Waals surface area contributed by atoms with Crippen LogP contribution in [0.4, 0.5) is 0 Å². The molecule has 0 aliphatic carbocycles. The minimum atomic E-state index is -0.982. The van der Waals surface area contributed by atoms with Crippen molar-refractivity contribution in [2.75, 3.05) is 0 Å². The van der Waals surface area contributed by atoms with Crippen molar-refractivity contribution >= 4 is 41.7 Å². The zero-order valence-electron chi connectivity index (χ0n) is 15.6. The summed E-state index contributed by atoms with van der Waals surface area (Å²) in [4.78, 5) is 40.3. The lowest BCUT2D eigenvalue weighted by Gasteiger charge is -2.40. The predicted octanol–water partition coefficient (Wildman–Crippen LogP) is 2.64. The molecule has 2 N–H and O–H groups in total. The van der Waals surface area contributed by atoms with Crippen molar-refractivity contribution in [3.8, 4) is 0 Å². The van der Waals surface area contributed by atoms with Gasteiger partial charge in [0.15, 0.2) is 0 Å². The van der Waals surface area contributed by atoms with Crippen LogP contribution in [0.25, 0.3) is 0 Å². The number of aliphatic carboxylic acids is 1. The Morgan fingerprint density at radius 2 is 2.19 bits per heavy atom. The predicted molar refractivity (Wildman–Crippen MR) is 107 cm³/mol. The molecule has 2 aliphatic rings. The molecule has 3 rings (SSSR count). The lowest BCUT2D eigenvalue weighted by molar-refractivity contribution is -0.156. The zero-order valence-corrected chi connectivity index (χ0v) is 17.3. The average molecular weight is 411 g/mol. The Kier molecular flexibility index (Phi) is 6.15. The molecule has 3 unspecified atom stereocenters. The van der Waals surface area contributed by atoms with Crippen LogP contribution in [0.3, 0.4) is 0 Å². The largest absolute Gasteiger partial charge is 0.480 e. The molecule has 8 heteroatoms. The molecule has 1 aromatic heterocycles. The Hall–Kier alpha value is -1.54. The molecule has 0 bridgehead atoms. The van der Waals surface area contributed by atoms with E-state index >= 15 is 0 Å². The SMILES string of the molecule is CC[C@H](C)[C@H](S)C(=O)NC1Cc2ccsc2C2CCCC(C(=O)O)N2C1=O. The Labute approximate surface area is 168 Å². The number of carboxylic acids is 1. The monoisotopic (exact) mass is 410 g/mol. The van der Waals surface area contributed by atoms with Crippen LogP contribution in [0.5, 0.6) is 0 Å². The number of amides is 2. The molecule has 27 heavy (non-hydrogen) atoms. The van der Waals surface area contributed by atoms with Gasteiger partial charge in [0, 0.05) is 11.3 Å². The van der Waals surface area contributed by atoms with Crippen molar-refractivity contribution < 1.29 is 19.5 Å². The smallest absolute Gasteiger partial charge is 0.326 e. The van der Waals surface area contributed by atoms with Gasteiger partial charge in [-0.1, -0.05) is 20.3 Å². The van der Waals surface area contributed by atoms with Gasteiger partial charge in [-0.25, -0.2) is 4.79 Å². The molecule has 1 fully saturated rings. The molecule has 1 aromatic rings. The molecule has 5 atom stereocenters. The summed E-state index contributed by atoms with van der Waals surface area (Å²) in [5, 5.41) is 14.0. The molecule has 0 saturated carbocycles. The van der Waals surface area contributed by atoms with E-state index in [2.05, 4.69) is 17.9 Å². The summed E-state index contributed by atoms with van der Waals surface area (Å²) < 4.78 is 0. The fraction of sp³-hybridized carbons (Fsp3) is 0.632. The maximum atomic E-state index is 13.3. The molecule has 148 valence electrons. The summed E-state index contributed by atoms with van der Waals surface area (Å²) in [5.41, 5.74) is 1.02. The lowest BCUT2D eigenvalue weighted by atomic mass is 9.94. The van der Waals surface area contributed by atoms with Gasteiger partial charge in [0.2, 0.25) is 11.8 Å². The molecule has 2 amide bonds. The maximum Gasteiger partial charge on any atom is 0.326 e. The minimum absolute atomic E-state index is 0.0837. The first-order valence-electron chi connectivity index (χ1n) is 9.44. The highest BCUT2D eigenvalue weighted by Crippen LogP contribution is 2.41. The Bertz CT molecular complexity index is 735. The highest BCUT2D eigenvalue weighted by molar-refractivity contribution is 7.81. The highest BCUT2D eigenvalue weighted by Gasteiger charge is 2.45. The van der Waals surface area contributed by atoms with E-state index in [0.717, 1.165) is 29.7 Å². The molecule has 3 heterocycles. The van der Waals surface area contributed by atoms with Crippen molar-refractivity contribution in [2.45, 2.75) is 69.3 Å². The number of carbonyl (C=O) groups excluding carboxylic acids is 2. The number of nitrogens with one attached hydrogen (secondary N) is 1. The number of hydrogen-bond acceptors (Lipinski definition) is 5. The Morgan fingerprint density at radius 1 is 1.44 bits per heavy atom. The summed E-state index contributed by atoms with van der Waals surface area (Å²) in [6.45, 7) is 3.94. The zero-order chi connectivity index (χ0) is 19.7. The van der Waals surface area contributed by atoms with Gasteiger partial charge in [-0.05, 0) is 42.2 Å². The lowest BCUT2D eigenvalue weighted by Crippen LogP contribution is -2.56. The second-order valence-electron chi connectivity index (χ2n) is 7.45. The van der Waals surface area contributed by atoms with E-state index in [1.807, 2.05) is 25.3 Å². The van der Waals surface area contributed by atoms with E-state index in [1.54, 1.807) is 11.3 Å². The van der Waals surface area contributed by atoms with E-state index in [1.165, 1.54) is 4.90 Å². The summed E-state index contributed by atoms with van der Waals surface area (Å²) in [5.74, 6) is -1.47. The second kappa shape index (κ2) is 8.22. The van der Waals surface area contributed by atoms with Crippen LogP contribution in [0.15, 0.2) is 11.4 Å². The topological polar surface area (TPSA) is 86.7 Å². The third kappa shape index (κ3) is 3.87. The van der Waals surface area contributed by atoms with E-state index in [-0.39, 0.29) is 23.8 Å². The number of thiophene rings is 1. The Morgan fingerprint density at radius 3 is 2.85 bits per heavy atom. The third-order valence-corrected chi connectivity index (χ3v) is 7.54. The first kappa shape index (κ1) is 20.2. The molecule has 0 spiro atoms. The summed E-state index contributed by atoms with van der Waals surface area (Å²) in [7, 11) is 0. The first-order valence-corrected chi connectivity index (χ1v) is 10.8. The van der Waals surface area contributed by atoms with Crippen LogP contribution < -0.4 is 5.32 Å². The van der Waals surface area contributed by atoms with E-state index in [9.17, 15) is 19.5 Å². The molecule has 0 radical (unpaired) electrons. The van der Waals surface area contributed by atoms with Crippen LogP contribution in [0.2, 0.25) is 0 Å². The molecular formula is C19H26N2O4S2. The van der Waals surface area contributed by atoms with Crippen molar-refractivity contribution in [1.82, 2.24) is 10.2 Å². The van der Waals surface area contributed by atoms with Gasteiger partial charge in [0.05, 0.1) is 11.3 Å². The summed E-state index contributed by atoms with van der Waals surface area (Å²) in [6, 6.07) is 0.165.